The molecule has 7 heteroatoms. The van der Waals surface area contributed by atoms with E-state index >= 15 is 0 Å². The Hall–Kier alpha value is -3.32. The third-order valence-corrected chi connectivity index (χ3v) is 5.29. The molecule has 5 rings (SSSR count). The molecule has 1 fully saturated rings. The van der Waals surface area contributed by atoms with E-state index in [4.69, 9.17) is 18.6 Å². The Bertz CT molecular complexity index is 1150. The van der Waals surface area contributed by atoms with Crippen molar-refractivity contribution in [3.63, 3.8) is 0 Å². The molecule has 0 amide bonds. The monoisotopic (exact) mass is 394 g/mol. The number of nitrogens with two attached hydrogens (primary N) is 1. The van der Waals surface area contributed by atoms with E-state index in [1.165, 1.54) is 6.26 Å². The first-order valence-electron chi connectivity index (χ1n) is 9.70. The molecule has 29 heavy (non-hydrogen) atoms. The molecule has 1 atom stereocenters. The van der Waals surface area contributed by atoms with Gasteiger partial charge in [0.05, 0.1) is 17.5 Å². The van der Waals surface area contributed by atoms with E-state index in [0.717, 1.165) is 19.4 Å². The van der Waals surface area contributed by atoms with E-state index in [-0.39, 0.29) is 17.4 Å². The maximum absolute atomic E-state index is 13.0. The summed E-state index contributed by atoms with van der Waals surface area (Å²) >= 11 is 0. The molecule has 2 aromatic carbocycles. The van der Waals surface area contributed by atoms with Gasteiger partial charge in [0.25, 0.3) is 0 Å². The van der Waals surface area contributed by atoms with E-state index < -0.39 is 0 Å². The van der Waals surface area contributed by atoms with E-state index in [1.807, 2.05) is 5.32 Å². The molecule has 2 aliphatic rings. The topological polar surface area (TPSA) is 91.6 Å². The van der Waals surface area contributed by atoms with Crippen LogP contribution in [-0.2, 0) is 4.79 Å². The van der Waals surface area contributed by atoms with Crippen molar-refractivity contribution in [2.75, 3.05) is 19.8 Å². The standard InChI is InChI=1S/C22H19NO6/c24-21-15-5-4-14(29-22(25)17-2-1-7-23-17)11-19(15)28-12-16(21)13-3-6-18-20(10-13)27-9-8-26-18/h3-6,10-12,17,23H,1-2,7-9H2/p+1/t17-/m0/s1. The SMILES string of the molecule is O=C(Oc1ccc2c(=O)c(-c3ccc4c(c3)OCCO4)coc2c1)[C@@H]1CCC[NH2+]1. The zero-order valence-corrected chi connectivity index (χ0v) is 15.7. The number of benzene rings is 2. The number of hydrogen-bond acceptors (Lipinski definition) is 6. The van der Waals surface area contributed by atoms with Crippen molar-refractivity contribution in [2.45, 2.75) is 18.9 Å². The van der Waals surface area contributed by atoms with Crippen LogP contribution in [0.15, 0.2) is 51.9 Å². The van der Waals surface area contributed by atoms with Crippen molar-refractivity contribution >= 4 is 16.9 Å². The summed E-state index contributed by atoms with van der Waals surface area (Å²) in [5.74, 6) is 1.38. The summed E-state index contributed by atoms with van der Waals surface area (Å²) in [5.41, 5.74) is 1.33. The predicted octanol–water partition coefficient (Wildman–Crippen LogP) is 1.86. The second kappa shape index (κ2) is 7.25. The number of carbonyl (C=O) groups is 1. The van der Waals surface area contributed by atoms with Crippen molar-refractivity contribution in [1.29, 1.82) is 0 Å². The molecular formula is C22H20NO6+. The molecule has 0 bridgehead atoms. The van der Waals surface area contributed by atoms with Crippen molar-refractivity contribution in [2.24, 2.45) is 0 Å². The first-order valence-corrected chi connectivity index (χ1v) is 9.70. The normalized spacial score (nSPS) is 18.0. The van der Waals surface area contributed by atoms with Gasteiger partial charge >= 0.3 is 5.97 Å². The number of quaternary nitrogens is 1. The maximum Gasteiger partial charge on any atom is 0.370 e. The first kappa shape index (κ1) is 17.8. The summed E-state index contributed by atoms with van der Waals surface area (Å²) in [6.45, 7) is 1.92. The lowest BCUT2D eigenvalue weighted by Crippen LogP contribution is -2.88. The molecule has 0 radical (unpaired) electrons. The van der Waals surface area contributed by atoms with E-state index in [9.17, 15) is 9.59 Å². The molecule has 2 aliphatic heterocycles. The van der Waals surface area contributed by atoms with Gasteiger partial charge in [0.15, 0.2) is 23.0 Å². The van der Waals surface area contributed by atoms with E-state index in [0.29, 0.717) is 52.6 Å². The minimum absolute atomic E-state index is 0.157. The van der Waals surface area contributed by atoms with Gasteiger partial charge in [-0.2, -0.15) is 0 Å². The molecule has 3 aromatic rings. The quantitative estimate of drug-likeness (QED) is 0.539. The maximum atomic E-state index is 13.0. The molecule has 1 saturated heterocycles. The average molecular weight is 394 g/mol. The molecule has 148 valence electrons. The Morgan fingerprint density at radius 1 is 1.07 bits per heavy atom. The highest BCUT2D eigenvalue weighted by molar-refractivity contribution is 5.84. The van der Waals surface area contributed by atoms with Gasteiger partial charge in [-0.1, -0.05) is 6.07 Å². The Kier molecular flexibility index (Phi) is 4.44. The van der Waals surface area contributed by atoms with Crippen LogP contribution < -0.4 is 25.0 Å². The Morgan fingerprint density at radius 3 is 2.76 bits per heavy atom. The Morgan fingerprint density at radius 2 is 1.93 bits per heavy atom. The van der Waals surface area contributed by atoms with Crippen LogP contribution in [0.5, 0.6) is 17.2 Å². The van der Waals surface area contributed by atoms with Crippen LogP contribution in [0.1, 0.15) is 12.8 Å². The van der Waals surface area contributed by atoms with Crippen LogP contribution in [-0.4, -0.2) is 31.8 Å². The molecule has 0 unspecified atom stereocenters. The smallest absolute Gasteiger partial charge is 0.370 e. The van der Waals surface area contributed by atoms with Crippen LogP contribution in [0.3, 0.4) is 0 Å². The number of esters is 1. The van der Waals surface area contributed by atoms with Crippen molar-refractivity contribution in [3.8, 4) is 28.4 Å². The molecule has 0 saturated carbocycles. The van der Waals surface area contributed by atoms with Gasteiger partial charge in [0.1, 0.15) is 30.8 Å². The lowest BCUT2D eigenvalue weighted by atomic mass is 10.0. The predicted molar refractivity (Wildman–Crippen MR) is 104 cm³/mol. The molecule has 2 N–H and O–H groups in total. The summed E-state index contributed by atoms with van der Waals surface area (Å²) in [4.78, 5) is 25.2. The second-order valence-corrected chi connectivity index (χ2v) is 7.19. The lowest BCUT2D eigenvalue weighted by Gasteiger charge is -2.18. The number of fused-ring (bicyclic) bond motifs is 2. The molecule has 1 aromatic heterocycles. The minimum atomic E-state index is -0.267. The van der Waals surface area contributed by atoms with Gasteiger partial charge in [-0.25, -0.2) is 4.79 Å². The average Bonchev–Trinajstić information content (AvgIpc) is 3.29. The minimum Gasteiger partial charge on any atom is -0.486 e. The number of ether oxygens (including phenoxy) is 3. The zero-order chi connectivity index (χ0) is 19.8. The van der Waals surface area contributed by atoms with Gasteiger partial charge in [-0.05, 0) is 29.8 Å². The summed E-state index contributed by atoms with van der Waals surface area (Å²) in [5, 5.41) is 2.41. The van der Waals surface area contributed by atoms with Crippen LogP contribution in [0.2, 0.25) is 0 Å². The fourth-order valence-corrected chi connectivity index (χ4v) is 3.76. The lowest BCUT2D eigenvalue weighted by molar-refractivity contribution is -0.658. The summed E-state index contributed by atoms with van der Waals surface area (Å²) in [6, 6.07) is 10.0. The van der Waals surface area contributed by atoms with E-state index in [1.54, 1.807) is 36.4 Å². The van der Waals surface area contributed by atoms with Gasteiger partial charge in [-0.3, -0.25) is 4.79 Å². The largest absolute Gasteiger partial charge is 0.486 e. The van der Waals surface area contributed by atoms with Crippen LogP contribution in [0.25, 0.3) is 22.1 Å². The second-order valence-electron chi connectivity index (χ2n) is 7.19. The molecule has 0 aliphatic carbocycles. The molecule has 7 nitrogen and oxygen atoms in total. The molecule has 3 heterocycles. The van der Waals surface area contributed by atoms with Crippen molar-refractivity contribution in [1.82, 2.24) is 0 Å². The van der Waals surface area contributed by atoms with Crippen LogP contribution in [0.4, 0.5) is 0 Å². The van der Waals surface area contributed by atoms with Gasteiger partial charge in [0, 0.05) is 18.9 Å². The summed E-state index contributed by atoms with van der Waals surface area (Å²) in [6.07, 6.45) is 3.25. The third kappa shape index (κ3) is 3.34. The fourth-order valence-electron chi connectivity index (χ4n) is 3.76. The zero-order valence-electron chi connectivity index (χ0n) is 15.7. The highest BCUT2D eigenvalue weighted by Crippen LogP contribution is 2.34. The molecule has 0 spiro atoms. The van der Waals surface area contributed by atoms with Crippen LogP contribution in [0, 0.1) is 0 Å². The van der Waals surface area contributed by atoms with Crippen LogP contribution >= 0.6 is 0 Å². The van der Waals surface area contributed by atoms with Gasteiger partial charge in [-0.15, -0.1) is 0 Å². The van der Waals surface area contributed by atoms with Gasteiger partial charge in [0.2, 0.25) is 0 Å². The number of rotatable bonds is 3. The summed E-state index contributed by atoms with van der Waals surface area (Å²) in [7, 11) is 0. The van der Waals surface area contributed by atoms with E-state index in [2.05, 4.69) is 0 Å². The highest BCUT2D eigenvalue weighted by Gasteiger charge is 2.28. The number of hydrogen-bond donors (Lipinski definition) is 1. The fraction of sp³-hybridized carbons (Fsp3) is 0.273. The third-order valence-electron chi connectivity index (χ3n) is 5.29. The summed E-state index contributed by atoms with van der Waals surface area (Å²) < 4.78 is 22.3. The number of carbonyl (C=O) groups excluding carboxylic acids is 1. The first-order chi connectivity index (χ1) is 14.2. The highest BCUT2D eigenvalue weighted by atomic mass is 16.6. The van der Waals surface area contributed by atoms with Crippen molar-refractivity contribution in [3.05, 3.63) is 52.9 Å². The molecular weight excluding hydrogens is 374 g/mol. The van der Waals surface area contributed by atoms with Crippen molar-refractivity contribution < 1.29 is 28.7 Å². The Balaban J connectivity index is 1.46. The Labute approximate surface area is 166 Å². The van der Waals surface area contributed by atoms with Gasteiger partial charge < -0.3 is 23.9 Å².